The average molecular weight is 263 g/mol. The van der Waals surface area contributed by atoms with Gasteiger partial charge in [0, 0.05) is 17.2 Å². The normalized spacial score (nSPS) is 30.9. The highest BCUT2D eigenvalue weighted by Crippen LogP contribution is 2.36. The van der Waals surface area contributed by atoms with Crippen molar-refractivity contribution in [1.82, 2.24) is 0 Å². The number of aliphatic hydroxyl groups excluding tert-OH is 1. The van der Waals surface area contributed by atoms with E-state index in [1.165, 1.54) is 6.42 Å². The molecule has 0 saturated carbocycles. The second-order valence-electron chi connectivity index (χ2n) is 6.14. The molecule has 3 aliphatic rings. The van der Waals surface area contributed by atoms with Crippen LogP contribution in [-0.4, -0.2) is 34.6 Å². The number of nitrogens with two attached hydrogens (primary N) is 1. The maximum atomic E-state index is 12.7. The minimum Gasteiger partial charge on any atom is -0.508 e. The molecule has 19 heavy (non-hydrogen) atoms. The SMILES string of the molecule is N[N+]1(C2C=C(O)C3=C(CCCC3)C2=O)CCCCC1. The van der Waals surface area contributed by atoms with Crippen LogP contribution in [0.2, 0.25) is 0 Å². The van der Waals surface area contributed by atoms with Crippen LogP contribution in [0.3, 0.4) is 0 Å². The lowest BCUT2D eigenvalue weighted by Gasteiger charge is -2.42. The van der Waals surface area contributed by atoms with Gasteiger partial charge >= 0.3 is 0 Å². The van der Waals surface area contributed by atoms with Crippen LogP contribution in [0.15, 0.2) is 23.0 Å². The largest absolute Gasteiger partial charge is 0.508 e. The fourth-order valence-corrected chi connectivity index (χ4v) is 3.73. The number of aliphatic hydroxyl groups is 1. The molecule has 1 unspecified atom stereocenters. The molecule has 1 fully saturated rings. The Morgan fingerprint density at radius 2 is 1.68 bits per heavy atom. The van der Waals surface area contributed by atoms with Gasteiger partial charge in [0.25, 0.3) is 0 Å². The third kappa shape index (κ3) is 2.13. The lowest BCUT2D eigenvalue weighted by atomic mass is 9.81. The number of hydrogen-bond acceptors (Lipinski definition) is 3. The summed E-state index contributed by atoms with van der Waals surface area (Å²) in [5.41, 5.74) is 1.74. The summed E-state index contributed by atoms with van der Waals surface area (Å²) in [6.07, 6.45) is 8.82. The number of likely N-dealkylation sites (tertiary alicyclic amines) is 1. The number of hydrogen-bond donors (Lipinski definition) is 2. The second kappa shape index (κ2) is 4.76. The molecule has 0 aromatic rings. The first-order valence-corrected chi connectivity index (χ1v) is 7.44. The zero-order valence-corrected chi connectivity index (χ0v) is 11.4. The molecule has 1 aliphatic heterocycles. The fourth-order valence-electron chi connectivity index (χ4n) is 3.73. The fraction of sp³-hybridized carbons (Fsp3) is 0.667. The molecule has 3 rings (SSSR count). The molecule has 0 radical (unpaired) electrons. The van der Waals surface area contributed by atoms with Crippen molar-refractivity contribution >= 4 is 5.78 Å². The van der Waals surface area contributed by atoms with Crippen molar-refractivity contribution in [1.29, 1.82) is 0 Å². The van der Waals surface area contributed by atoms with Gasteiger partial charge in [-0.15, -0.1) is 0 Å². The van der Waals surface area contributed by atoms with Crippen molar-refractivity contribution in [2.24, 2.45) is 5.84 Å². The molecular formula is C15H23N2O2+. The Kier molecular flexibility index (Phi) is 3.23. The Labute approximate surface area is 114 Å². The molecule has 104 valence electrons. The van der Waals surface area contributed by atoms with Gasteiger partial charge in [0.1, 0.15) is 5.76 Å². The molecule has 0 aromatic heterocycles. The molecule has 3 N–H and O–H groups in total. The van der Waals surface area contributed by atoms with Crippen molar-refractivity contribution in [3.05, 3.63) is 23.0 Å². The summed E-state index contributed by atoms with van der Waals surface area (Å²) in [4.78, 5) is 12.7. The molecule has 1 atom stereocenters. The standard InChI is InChI=1S/C15H22N2O2/c16-17(8-4-1-5-9-17)13-10-14(18)11-6-2-3-7-12(11)15(13)19/h10,13H,1-9,16H2/p+1. The summed E-state index contributed by atoms with van der Waals surface area (Å²) < 4.78 is 0.291. The summed E-state index contributed by atoms with van der Waals surface area (Å²) >= 11 is 0. The predicted octanol–water partition coefficient (Wildman–Crippen LogP) is 2.12. The minimum atomic E-state index is -0.364. The molecule has 0 amide bonds. The van der Waals surface area contributed by atoms with E-state index in [0.717, 1.165) is 62.8 Å². The monoisotopic (exact) mass is 263 g/mol. The number of rotatable bonds is 1. The second-order valence-corrected chi connectivity index (χ2v) is 6.14. The van der Waals surface area contributed by atoms with E-state index < -0.39 is 0 Å². The van der Waals surface area contributed by atoms with Crippen molar-refractivity contribution < 1.29 is 14.5 Å². The summed E-state index contributed by atoms with van der Waals surface area (Å²) in [5, 5.41) is 10.2. The maximum absolute atomic E-state index is 12.7. The van der Waals surface area contributed by atoms with Gasteiger partial charge in [-0.3, -0.25) is 4.79 Å². The van der Waals surface area contributed by atoms with E-state index in [2.05, 4.69) is 0 Å². The van der Waals surface area contributed by atoms with E-state index >= 15 is 0 Å². The highest BCUT2D eigenvalue weighted by molar-refractivity contribution is 6.02. The Balaban J connectivity index is 1.93. The first kappa shape index (κ1) is 12.9. The molecule has 1 saturated heterocycles. The number of quaternary nitrogens is 1. The lowest BCUT2D eigenvalue weighted by Crippen LogP contribution is -2.65. The number of nitrogens with zero attached hydrogens (tertiary/aromatic N) is 1. The van der Waals surface area contributed by atoms with E-state index in [9.17, 15) is 9.90 Å². The quantitative estimate of drug-likeness (QED) is 0.562. The van der Waals surface area contributed by atoms with Crippen LogP contribution >= 0.6 is 0 Å². The first-order chi connectivity index (χ1) is 9.12. The summed E-state index contributed by atoms with van der Waals surface area (Å²) in [6, 6.07) is -0.364. The Morgan fingerprint density at radius 1 is 1.05 bits per heavy atom. The molecule has 0 aromatic carbocycles. The molecule has 1 heterocycles. The zero-order valence-electron chi connectivity index (χ0n) is 11.4. The van der Waals surface area contributed by atoms with E-state index in [1.807, 2.05) is 0 Å². The van der Waals surface area contributed by atoms with Gasteiger partial charge in [-0.2, -0.15) is 5.84 Å². The Morgan fingerprint density at radius 3 is 2.37 bits per heavy atom. The van der Waals surface area contributed by atoms with Crippen LogP contribution in [0.4, 0.5) is 0 Å². The van der Waals surface area contributed by atoms with Crippen molar-refractivity contribution in [3.8, 4) is 0 Å². The third-order valence-corrected chi connectivity index (χ3v) is 4.86. The number of carbonyl (C=O) groups excluding carboxylic acids is 1. The number of ketones is 1. The molecule has 2 aliphatic carbocycles. The maximum Gasteiger partial charge on any atom is 0.222 e. The Bertz CT molecular complexity index is 459. The van der Waals surface area contributed by atoms with Gasteiger partial charge in [0.05, 0.1) is 13.1 Å². The molecule has 4 nitrogen and oxygen atoms in total. The topological polar surface area (TPSA) is 63.3 Å². The number of piperidine rings is 1. The van der Waals surface area contributed by atoms with Gasteiger partial charge < -0.3 is 5.11 Å². The highest BCUT2D eigenvalue weighted by atomic mass is 16.3. The third-order valence-electron chi connectivity index (χ3n) is 4.86. The van der Waals surface area contributed by atoms with Crippen LogP contribution in [0.1, 0.15) is 44.9 Å². The molecule has 4 heteroatoms. The number of Topliss-reactive ketones (excluding diaryl/α,β-unsaturated/α-hetero) is 1. The molecule has 0 spiro atoms. The van der Waals surface area contributed by atoms with Crippen LogP contribution in [-0.2, 0) is 4.79 Å². The van der Waals surface area contributed by atoms with E-state index in [-0.39, 0.29) is 11.8 Å². The molecular weight excluding hydrogens is 240 g/mol. The van der Waals surface area contributed by atoms with Gasteiger partial charge in [0.15, 0.2) is 6.04 Å². The van der Waals surface area contributed by atoms with E-state index in [4.69, 9.17) is 5.84 Å². The zero-order chi connectivity index (χ0) is 13.5. The highest BCUT2D eigenvalue weighted by Gasteiger charge is 2.44. The summed E-state index contributed by atoms with van der Waals surface area (Å²) in [6.45, 7) is 1.67. The van der Waals surface area contributed by atoms with Crippen molar-refractivity contribution in [2.45, 2.75) is 51.0 Å². The minimum absolute atomic E-state index is 0.164. The van der Waals surface area contributed by atoms with Gasteiger partial charge in [-0.25, -0.2) is 4.59 Å². The van der Waals surface area contributed by atoms with E-state index in [0.29, 0.717) is 10.4 Å². The lowest BCUT2D eigenvalue weighted by molar-refractivity contribution is -0.952. The molecule has 0 bridgehead atoms. The van der Waals surface area contributed by atoms with Crippen molar-refractivity contribution in [2.75, 3.05) is 13.1 Å². The van der Waals surface area contributed by atoms with Gasteiger partial charge in [0.2, 0.25) is 5.78 Å². The van der Waals surface area contributed by atoms with Crippen LogP contribution in [0.25, 0.3) is 0 Å². The average Bonchev–Trinajstić information content (AvgIpc) is 2.43. The van der Waals surface area contributed by atoms with Crippen LogP contribution in [0, 0.1) is 0 Å². The van der Waals surface area contributed by atoms with E-state index in [1.54, 1.807) is 6.08 Å². The van der Waals surface area contributed by atoms with Gasteiger partial charge in [-0.05, 0) is 44.9 Å². The number of allylic oxidation sites excluding steroid dienone is 1. The summed E-state index contributed by atoms with van der Waals surface area (Å²) in [7, 11) is 0. The Hall–Kier alpha value is -1.13. The van der Waals surface area contributed by atoms with Crippen LogP contribution in [0.5, 0.6) is 0 Å². The van der Waals surface area contributed by atoms with Gasteiger partial charge in [-0.1, -0.05) is 0 Å². The van der Waals surface area contributed by atoms with Crippen LogP contribution < -0.4 is 5.84 Å². The van der Waals surface area contributed by atoms with Crippen molar-refractivity contribution in [3.63, 3.8) is 0 Å². The smallest absolute Gasteiger partial charge is 0.222 e. The first-order valence-electron chi connectivity index (χ1n) is 7.44. The summed E-state index contributed by atoms with van der Waals surface area (Å²) in [5.74, 6) is 6.92. The number of carbonyl (C=O) groups is 1. The predicted molar refractivity (Wildman–Crippen MR) is 73.0 cm³/mol.